The van der Waals surface area contributed by atoms with E-state index in [0.29, 0.717) is 17.8 Å². The van der Waals surface area contributed by atoms with Gasteiger partial charge in [0.05, 0.1) is 6.10 Å². The molecule has 0 radical (unpaired) electrons. The number of nitrogens with one attached hydrogen (secondary N) is 1. The summed E-state index contributed by atoms with van der Waals surface area (Å²) in [5.41, 5.74) is 1.20. The molecule has 1 saturated heterocycles. The van der Waals surface area contributed by atoms with Crippen LogP contribution >= 0.6 is 0 Å². The van der Waals surface area contributed by atoms with Crippen LogP contribution in [0.25, 0.3) is 0 Å². The molecule has 2 rings (SSSR count). The van der Waals surface area contributed by atoms with Gasteiger partial charge in [-0.1, -0.05) is 6.07 Å². The Morgan fingerprint density at radius 3 is 2.86 bits per heavy atom. The van der Waals surface area contributed by atoms with E-state index in [4.69, 9.17) is 4.74 Å². The summed E-state index contributed by atoms with van der Waals surface area (Å²) in [6.45, 7) is 2.83. The Morgan fingerprint density at radius 2 is 2.19 bits per heavy atom. The van der Waals surface area contributed by atoms with Crippen LogP contribution < -0.4 is 5.32 Å². The number of carbonyl (C=O) groups is 2. The zero-order valence-corrected chi connectivity index (χ0v) is 12.6. The molecule has 1 aromatic rings. The Labute approximate surface area is 125 Å². The zero-order chi connectivity index (χ0) is 15.2. The van der Waals surface area contributed by atoms with Crippen molar-refractivity contribution in [1.29, 1.82) is 0 Å². The molecule has 1 unspecified atom stereocenters. The van der Waals surface area contributed by atoms with Gasteiger partial charge in [0.15, 0.2) is 0 Å². The third-order valence-electron chi connectivity index (χ3n) is 3.53. The van der Waals surface area contributed by atoms with Gasteiger partial charge in [-0.25, -0.2) is 0 Å². The Kier molecular flexibility index (Phi) is 5.33. The number of hydrogen-bond acceptors (Lipinski definition) is 3. The number of hydrogen-bond donors (Lipinski definition) is 1. The fourth-order valence-corrected chi connectivity index (χ4v) is 2.49. The summed E-state index contributed by atoms with van der Waals surface area (Å²) in [7, 11) is 1.78. The Balaban J connectivity index is 1.99. The van der Waals surface area contributed by atoms with Crippen LogP contribution in [-0.4, -0.2) is 43.0 Å². The molecule has 1 N–H and O–H groups in total. The molecular formula is C16H22N2O3. The minimum absolute atomic E-state index is 0.0589. The number of rotatable bonds is 4. The fraction of sp³-hybridized carbons (Fsp3) is 0.500. The smallest absolute Gasteiger partial charge is 0.253 e. The van der Waals surface area contributed by atoms with Crippen LogP contribution in [0.4, 0.5) is 5.69 Å². The topological polar surface area (TPSA) is 58.6 Å². The average molecular weight is 290 g/mol. The van der Waals surface area contributed by atoms with Crippen LogP contribution in [0.1, 0.15) is 36.5 Å². The van der Waals surface area contributed by atoms with Crippen molar-refractivity contribution in [2.24, 2.45) is 0 Å². The summed E-state index contributed by atoms with van der Waals surface area (Å²) in [5.74, 6) is -0.208. The fourth-order valence-electron chi connectivity index (χ4n) is 2.49. The maximum Gasteiger partial charge on any atom is 0.253 e. The van der Waals surface area contributed by atoms with E-state index >= 15 is 0 Å². The number of likely N-dealkylation sites (N-methyl/N-ethyl adjacent to an activating group) is 1. The third-order valence-corrected chi connectivity index (χ3v) is 3.53. The highest BCUT2D eigenvalue weighted by molar-refractivity contribution is 5.96. The quantitative estimate of drug-likeness (QED) is 0.925. The molecule has 1 heterocycles. The molecule has 5 nitrogen and oxygen atoms in total. The molecule has 1 aliphatic rings. The molecule has 1 aromatic carbocycles. The minimum Gasteiger partial charge on any atom is -0.376 e. The first-order valence-electron chi connectivity index (χ1n) is 7.31. The summed E-state index contributed by atoms with van der Waals surface area (Å²) >= 11 is 0. The van der Waals surface area contributed by atoms with E-state index in [2.05, 4.69) is 5.32 Å². The van der Waals surface area contributed by atoms with E-state index in [-0.39, 0.29) is 17.9 Å². The number of carbonyl (C=O) groups excluding carboxylic acids is 2. The second-order valence-electron chi connectivity index (χ2n) is 5.44. The Hall–Kier alpha value is -1.88. The van der Waals surface area contributed by atoms with E-state index < -0.39 is 0 Å². The van der Waals surface area contributed by atoms with Crippen LogP contribution in [0.2, 0.25) is 0 Å². The molecule has 1 aliphatic heterocycles. The summed E-state index contributed by atoms with van der Waals surface area (Å²) < 4.78 is 5.66. The van der Waals surface area contributed by atoms with Crippen molar-refractivity contribution in [1.82, 2.24) is 4.90 Å². The van der Waals surface area contributed by atoms with Gasteiger partial charge in [-0.3, -0.25) is 9.59 Å². The van der Waals surface area contributed by atoms with Gasteiger partial charge in [-0.15, -0.1) is 0 Å². The first-order valence-corrected chi connectivity index (χ1v) is 7.31. The predicted molar refractivity (Wildman–Crippen MR) is 81.3 cm³/mol. The van der Waals surface area contributed by atoms with Crippen molar-refractivity contribution in [2.75, 3.05) is 25.5 Å². The van der Waals surface area contributed by atoms with Crippen LogP contribution in [-0.2, 0) is 9.53 Å². The molecule has 5 heteroatoms. The van der Waals surface area contributed by atoms with Crippen molar-refractivity contribution >= 4 is 17.5 Å². The van der Waals surface area contributed by atoms with Crippen molar-refractivity contribution in [2.45, 2.75) is 32.3 Å². The average Bonchev–Trinajstić information content (AvgIpc) is 2.47. The van der Waals surface area contributed by atoms with E-state index in [1.165, 1.54) is 6.92 Å². The van der Waals surface area contributed by atoms with Gasteiger partial charge in [0.2, 0.25) is 5.91 Å². The predicted octanol–water partition coefficient (Wildman–Crippen LogP) is 2.29. The molecule has 0 spiro atoms. The molecule has 0 saturated carbocycles. The van der Waals surface area contributed by atoms with Gasteiger partial charge >= 0.3 is 0 Å². The normalized spacial score (nSPS) is 18.1. The molecule has 0 aromatic heterocycles. The zero-order valence-electron chi connectivity index (χ0n) is 12.6. The Morgan fingerprint density at radius 1 is 1.38 bits per heavy atom. The van der Waals surface area contributed by atoms with Crippen molar-refractivity contribution < 1.29 is 14.3 Å². The summed E-state index contributed by atoms with van der Waals surface area (Å²) in [4.78, 5) is 25.2. The second kappa shape index (κ2) is 7.22. The highest BCUT2D eigenvalue weighted by Crippen LogP contribution is 2.16. The van der Waals surface area contributed by atoms with E-state index in [0.717, 1.165) is 25.9 Å². The van der Waals surface area contributed by atoms with Crippen LogP contribution in [0, 0.1) is 0 Å². The minimum atomic E-state index is -0.149. The molecule has 1 atom stereocenters. The highest BCUT2D eigenvalue weighted by atomic mass is 16.5. The molecule has 1 fully saturated rings. The summed E-state index contributed by atoms with van der Waals surface area (Å²) in [6, 6.07) is 6.99. The standard InChI is InChI=1S/C16H22N2O3/c1-12(19)17-14-7-5-6-13(10-14)16(20)18(2)11-15-8-3-4-9-21-15/h5-7,10,15H,3-4,8-9,11H2,1-2H3,(H,17,19). The molecule has 0 aliphatic carbocycles. The molecule has 2 amide bonds. The maximum atomic E-state index is 12.4. The highest BCUT2D eigenvalue weighted by Gasteiger charge is 2.19. The first kappa shape index (κ1) is 15.5. The molecular weight excluding hydrogens is 268 g/mol. The molecule has 0 bridgehead atoms. The van der Waals surface area contributed by atoms with Crippen LogP contribution in [0.5, 0.6) is 0 Å². The van der Waals surface area contributed by atoms with Gasteiger partial charge in [-0.2, -0.15) is 0 Å². The SMILES string of the molecule is CC(=O)Nc1cccc(C(=O)N(C)CC2CCCCO2)c1. The van der Waals surface area contributed by atoms with E-state index in [9.17, 15) is 9.59 Å². The van der Waals surface area contributed by atoms with Gasteiger partial charge in [0, 0.05) is 38.4 Å². The first-order chi connectivity index (χ1) is 10.1. The van der Waals surface area contributed by atoms with Gasteiger partial charge in [-0.05, 0) is 37.5 Å². The lowest BCUT2D eigenvalue weighted by Crippen LogP contribution is -2.37. The maximum absolute atomic E-state index is 12.4. The van der Waals surface area contributed by atoms with Crippen LogP contribution in [0.15, 0.2) is 24.3 Å². The summed E-state index contributed by atoms with van der Waals surface area (Å²) in [5, 5.41) is 2.69. The summed E-state index contributed by atoms with van der Waals surface area (Å²) in [6.07, 6.45) is 3.40. The lowest BCUT2D eigenvalue weighted by atomic mass is 10.1. The number of amides is 2. The van der Waals surface area contributed by atoms with Gasteiger partial charge < -0.3 is 15.0 Å². The molecule has 21 heavy (non-hydrogen) atoms. The monoisotopic (exact) mass is 290 g/mol. The van der Waals surface area contributed by atoms with Crippen molar-refractivity contribution in [3.8, 4) is 0 Å². The second-order valence-corrected chi connectivity index (χ2v) is 5.44. The van der Waals surface area contributed by atoms with Crippen molar-refractivity contribution in [3.63, 3.8) is 0 Å². The largest absolute Gasteiger partial charge is 0.376 e. The van der Waals surface area contributed by atoms with Crippen molar-refractivity contribution in [3.05, 3.63) is 29.8 Å². The number of nitrogens with zero attached hydrogens (tertiary/aromatic N) is 1. The third kappa shape index (κ3) is 4.56. The number of anilines is 1. The lowest BCUT2D eigenvalue weighted by molar-refractivity contribution is -0.114. The lowest BCUT2D eigenvalue weighted by Gasteiger charge is -2.27. The van der Waals surface area contributed by atoms with Gasteiger partial charge in [0.1, 0.15) is 0 Å². The van der Waals surface area contributed by atoms with Gasteiger partial charge in [0.25, 0.3) is 5.91 Å². The molecule has 114 valence electrons. The number of benzene rings is 1. The van der Waals surface area contributed by atoms with Crippen LogP contribution in [0.3, 0.4) is 0 Å². The Bertz CT molecular complexity index is 510. The van der Waals surface area contributed by atoms with E-state index in [1.54, 1.807) is 36.2 Å². The van der Waals surface area contributed by atoms with E-state index in [1.807, 2.05) is 0 Å². The number of ether oxygens (including phenoxy) is 1.